The molecule has 0 amide bonds. The third-order valence-corrected chi connectivity index (χ3v) is 1.70. The van der Waals surface area contributed by atoms with Crippen molar-refractivity contribution in [3.8, 4) is 6.07 Å². The molecule has 0 aliphatic carbocycles. The monoisotopic (exact) mass is 281 g/mol. The highest BCUT2D eigenvalue weighted by atomic mass is 16.4. The molecule has 0 aliphatic rings. The third kappa shape index (κ3) is 19.4. The zero-order valence-electron chi connectivity index (χ0n) is 11.9. The van der Waals surface area contributed by atoms with E-state index in [9.17, 15) is 4.79 Å². The lowest BCUT2D eigenvalue weighted by Crippen LogP contribution is -1.84. The highest BCUT2D eigenvalue weighted by molar-refractivity contribution is 5.80. The van der Waals surface area contributed by atoms with Crippen LogP contribution in [0.5, 0.6) is 0 Å². The Labute approximate surface area is 126 Å². The summed E-state index contributed by atoms with van der Waals surface area (Å²) in [7, 11) is 0. The summed E-state index contributed by atoms with van der Waals surface area (Å²) in [6, 6.07) is 11.4. The fraction of sp³-hybridized carbons (Fsp3) is 0. The van der Waals surface area contributed by atoms with Crippen LogP contribution in [0.15, 0.2) is 86.5 Å². The largest absolute Gasteiger partial charge is 0.478 e. The predicted octanol–water partition coefficient (Wildman–Crippen LogP) is 4.39. The first-order valence-corrected chi connectivity index (χ1v) is 5.99. The zero-order valence-corrected chi connectivity index (χ0v) is 11.9. The Bertz CT molecular complexity index is 514. The Morgan fingerprint density at radius 1 is 1.10 bits per heavy atom. The van der Waals surface area contributed by atoms with Crippen molar-refractivity contribution in [1.82, 2.24) is 0 Å². The quantitative estimate of drug-likeness (QED) is 0.505. The summed E-state index contributed by atoms with van der Waals surface area (Å²) < 4.78 is 0. The van der Waals surface area contributed by atoms with Gasteiger partial charge in [0.05, 0.1) is 6.07 Å². The van der Waals surface area contributed by atoms with Gasteiger partial charge in [-0.05, 0) is 5.56 Å². The van der Waals surface area contributed by atoms with E-state index in [0.29, 0.717) is 0 Å². The number of benzene rings is 1. The van der Waals surface area contributed by atoms with Gasteiger partial charge >= 0.3 is 5.97 Å². The van der Waals surface area contributed by atoms with Crippen LogP contribution in [0.1, 0.15) is 5.56 Å². The van der Waals surface area contributed by atoms with Crippen molar-refractivity contribution in [1.29, 1.82) is 5.26 Å². The molecule has 1 N–H and O–H groups in total. The molecule has 1 aromatic rings. The van der Waals surface area contributed by atoms with Crippen LogP contribution in [-0.4, -0.2) is 11.1 Å². The maximum absolute atomic E-state index is 10.1. The molecule has 3 nitrogen and oxygen atoms in total. The van der Waals surface area contributed by atoms with Gasteiger partial charge < -0.3 is 5.11 Å². The Kier molecular flexibility index (Phi) is 16.2. The van der Waals surface area contributed by atoms with Gasteiger partial charge in [-0.3, -0.25) is 0 Å². The Morgan fingerprint density at radius 3 is 2.00 bits per heavy atom. The van der Waals surface area contributed by atoms with Crippen molar-refractivity contribution in [3.05, 3.63) is 92.1 Å². The summed E-state index contributed by atoms with van der Waals surface area (Å²) in [6.07, 6.45) is 10.6. The molecule has 0 saturated carbocycles. The van der Waals surface area contributed by atoms with Gasteiger partial charge in [0.1, 0.15) is 0 Å². The lowest BCUT2D eigenvalue weighted by Gasteiger charge is -1.87. The van der Waals surface area contributed by atoms with Crippen molar-refractivity contribution in [3.63, 3.8) is 0 Å². The molecule has 0 bridgehead atoms. The molecule has 108 valence electrons. The molecule has 1 rings (SSSR count). The zero-order chi connectivity index (χ0) is 16.3. The molecule has 0 unspecified atom stereocenters. The summed E-state index contributed by atoms with van der Waals surface area (Å²) in [6.45, 7) is 9.84. The number of allylic oxidation sites excluding steroid dienone is 5. The SMILES string of the molecule is C=CC#N.C=CC=C.O=C(O)C=CC=Cc1ccccc1. The number of hydrogen-bond donors (Lipinski definition) is 1. The van der Waals surface area contributed by atoms with E-state index in [-0.39, 0.29) is 0 Å². The van der Waals surface area contributed by atoms with E-state index in [1.807, 2.05) is 36.4 Å². The number of nitrogens with zero attached hydrogens (tertiary/aromatic N) is 1. The van der Waals surface area contributed by atoms with Crippen molar-refractivity contribution in [2.24, 2.45) is 0 Å². The van der Waals surface area contributed by atoms with Gasteiger partial charge in [0.15, 0.2) is 0 Å². The maximum atomic E-state index is 10.1. The lowest BCUT2D eigenvalue weighted by molar-refractivity contribution is -0.131. The second-order valence-corrected chi connectivity index (χ2v) is 3.27. The number of nitriles is 1. The molecule has 0 saturated heterocycles. The number of carboxylic acids is 1. The molecular weight excluding hydrogens is 262 g/mol. The lowest BCUT2D eigenvalue weighted by atomic mass is 10.2. The van der Waals surface area contributed by atoms with E-state index in [2.05, 4.69) is 19.7 Å². The van der Waals surface area contributed by atoms with Crippen LogP contribution < -0.4 is 0 Å². The molecule has 0 heterocycles. The van der Waals surface area contributed by atoms with Gasteiger partial charge in [-0.15, -0.1) is 0 Å². The van der Waals surface area contributed by atoms with Gasteiger partial charge in [0, 0.05) is 12.2 Å². The Balaban J connectivity index is 0. The van der Waals surface area contributed by atoms with Crippen LogP contribution >= 0.6 is 0 Å². The standard InChI is InChI=1S/C11H10O2.C4H6.C3H3N/c12-11(13)9-5-4-8-10-6-2-1-3-7-10;1-3-4-2;1-2-3-4/h1-9H,(H,12,13);3-4H,1-2H2;2H,1H2. The fourth-order valence-electron chi connectivity index (χ4n) is 0.869. The highest BCUT2D eigenvalue weighted by Gasteiger charge is 1.82. The molecule has 0 radical (unpaired) electrons. The second kappa shape index (κ2) is 16.9. The smallest absolute Gasteiger partial charge is 0.328 e. The van der Waals surface area contributed by atoms with Gasteiger partial charge in [0.25, 0.3) is 0 Å². The van der Waals surface area contributed by atoms with Gasteiger partial charge in [-0.25, -0.2) is 4.79 Å². The first-order valence-electron chi connectivity index (χ1n) is 5.99. The second-order valence-electron chi connectivity index (χ2n) is 3.27. The first kappa shape index (κ1) is 20.2. The van der Waals surface area contributed by atoms with Crippen LogP contribution in [0.2, 0.25) is 0 Å². The maximum Gasteiger partial charge on any atom is 0.328 e. The van der Waals surface area contributed by atoms with E-state index in [0.717, 1.165) is 11.6 Å². The molecule has 0 aliphatic heterocycles. The molecule has 21 heavy (non-hydrogen) atoms. The topological polar surface area (TPSA) is 61.1 Å². The number of rotatable bonds is 4. The average molecular weight is 281 g/mol. The minimum absolute atomic E-state index is 0.933. The third-order valence-electron chi connectivity index (χ3n) is 1.70. The van der Waals surface area contributed by atoms with Crippen LogP contribution in [0.25, 0.3) is 6.08 Å². The Hall–Kier alpha value is -3.12. The summed E-state index contributed by atoms with van der Waals surface area (Å²) in [5.41, 5.74) is 1.05. The molecule has 0 fully saturated rings. The molecular formula is C18H19NO2. The van der Waals surface area contributed by atoms with Crippen LogP contribution in [0.3, 0.4) is 0 Å². The number of hydrogen-bond acceptors (Lipinski definition) is 2. The first-order chi connectivity index (χ1) is 10.1. The molecule has 0 atom stereocenters. The predicted molar refractivity (Wildman–Crippen MR) is 88.5 cm³/mol. The van der Waals surface area contributed by atoms with Crippen LogP contribution in [-0.2, 0) is 4.79 Å². The van der Waals surface area contributed by atoms with E-state index in [1.54, 1.807) is 24.3 Å². The minimum Gasteiger partial charge on any atom is -0.478 e. The van der Waals surface area contributed by atoms with E-state index >= 15 is 0 Å². The molecule has 0 aromatic heterocycles. The van der Waals surface area contributed by atoms with Crippen LogP contribution in [0.4, 0.5) is 0 Å². The number of carbonyl (C=O) groups is 1. The summed E-state index contributed by atoms with van der Waals surface area (Å²) in [4.78, 5) is 10.1. The summed E-state index contributed by atoms with van der Waals surface area (Å²) >= 11 is 0. The molecule has 0 spiro atoms. The van der Waals surface area contributed by atoms with Crippen molar-refractivity contribution in [2.75, 3.05) is 0 Å². The number of carboxylic acid groups (broad SMARTS) is 1. The van der Waals surface area contributed by atoms with Crippen molar-refractivity contribution in [2.45, 2.75) is 0 Å². The van der Waals surface area contributed by atoms with Gasteiger partial charge in [-0.1, -0.05) is 80.4 Å². The van der Waals surface area contributed by atoms with E-state index < -0.39 is 5.97 Å². The Morgan fingerprint density at radius 2 is 1.62 bits per heavy atom. The van der Waals surface area contributed by atoms with E-state index in [1.165, 1.54) is 12.2 Å². The van der Waals surface area contributed by atoms with Crippen molar-refractivity contribution < 1.29 is 9.90 Å². The van der Waals surface area contributed by atoms with Crippen LogP contribution in [0, 0.1) is 11.3 Å². The van der Waals surface area contributed by atoms with Gasteiger partial charge in [-0.2, -0.15) is 5.26 Å². The van der Waals surface area contributed by atoms with Gasteiger partial charge in [0.2, 0.25) is 0 Å². The fourth-order valence-corrected chi connectivity index (χ4v) is 0.869. The minimum atomic E-state index is -0.933. The molecule has 1 aromatic carbocycles. The normalized spacial score (nSPS) is 8.52. The van der Waals surface area contributed by atoms with E-state index in [4.69, 9.17) is 10.4 Å². The van der Waals surface area contributed by atoms with Crippen molar-refractivity contribution >= 4 is 12.0 Å². The highest BCUT2D eigenvalue weighted by Crippen LogP contribution is 2.00. The summed E-state index contributed by atoms with van der Waals surface area (Å²) in [5.74, 6) is -0.933. The molecule has 3 heteroatoms. The average Bonchev–Trinajstić information content (AvgIpc) is 2.53. The number of aliphatic carboxylic acids is 1. The summed E-state index contributed by atoms with van der Waals surface area (Å²) in [5, 5.41) is 15.8.